The Morgan fingerprint density at radius 1 is 1.83 bits per heavy atom. The molecule has 66 valence electrons. The molecule has 1 unspecified atom stereocenters. The highest BCUT2D eigenvalue weighted by Gasteiger charge is 2.14. The van der Waals surface area contributed by atoms with Crippen molar-refractivity contribution in [3.63, 3.8) is 0 Å². The summed E-state index contributed by atoms with van der Waals surface area (Å²) in [4.78, 5) is 19.3. The van der Waals surface area contributed by atoms with Crippen molar-refractivity contribution < 1.29 is 14.7 Å². The number of nitrogens with zero attached hydrogens (tertiary/aromatic N) is 2. The van der Waals surface area contributed by atoms with Crippen LogP contribution in [-0.4, -0.2) is 26.9 Å². The molecule has 0 saturated heterocycles. The van der Waals surface area contributed by atoms with Crippen LogP contribution in [0.4, 0.5) is 0 Å². The van der Waals surface area contributed by atoms with E-state index in [0.29, 0.717) is 6.42 Å². The van der Waals surface area contributed by atoms with Gasteiger partial charge in [0.2, 0.25) is 0 Å². The lowest BCUT2D eigenvalue weighted by atomic mass is 10.3. The minimum absolute atomic E-state index is 0.341. The van der Waals surface area contributed by atoms with Gasteiger partial charge >= 0.3 is 5.97 Å². The van der Waals surface area contributed by atoms with Crippen molar-refractivity contribution in [2.75, 3.05) is 0 Å². The third-order valence-electron chi connectivity index (χ3n) is 1.33. The lowest BCUT2D eigenvalue weighted by molar-refractivity contribution is -0.154. The number of aliphatic hydroxyl groups excluding tert-OH is 1. The van der Waals surface area contributed by atoms with Crippen molar-refractivity contribution in [2.45, 2.75) is 19.4 Å². The fourth-order valence-electron chi connectivity index (χ4n) is 0.632. The minimum Gasteiger partial charge on any atom is -0.381 e. The van der Waals surface area contributed by atoms with Crippen LogP contribution in [0.2, 0.25) is 0 Å². The number of carbonyl (C=O) groups excluding carboxylic acids is 1. The molecule has 5 nitrogen and oxygen atoms in total. The van der Waals surface area contributed by atoms with Gasteiger partial charge in [-0.05, 0) is 6.42 Å². The highest BCUT2D eigenvalue weighted by atomic mass is 16.7. The van der Waals surface area contributed by atoms with E-state index >= 15 is 0 Å². The van der Waals surface area contributed by atoms with Gasteiger partial charge < -0.3 is 9.94 Å². The first-order valence-corrected chi connectivity index (χ1v) is 3.62. The molecular formula is C7H10N2O3. The molecule has 0 bridgehead atoms. The number of rotatable bonds is 3. The van der Waals surface area contributed by atoms with Gasteiger partial charge in [0.15, 0.2) is 6.10 Å². The molecular weight excluding hydrogens is 160 g/mol. The van der Waals surface area contributed by atoms with Crippen LogP contribution in [0.3, 0.4) is 0 Å². The number of hydrogen-bond acceptors (Lipinski definition) is 4. The van der Waals surface area contributed by atoms with Crippen LogP contribution < -0.4 is 4.84 Å². The molecule has 0 aromatic carbocycles. The Balaban J connectivity index is 2.47. The smallest absolute Gasteiger partial charge is 0.361 e. The lowest BCUT2D eigenvalue weighted by Gasteiger charge is -2.06. The number of aromatic nitrogens is 2. The van der Waals surface area contributed by atoms with Gasteiger partial charge in [0.25, 0.3) is 0 Å². The molecule has 0 fully saturated rings. The van der Waals surface area contributed by atoms with E-state index in [4.69, 9.17) is 5.11 Å². The molecule has 1 atom stereocenters. The maximum absolute atomic E-state index is 10.9. The highest BCUT2D eigenvalue weighted by molar-refractivity contribution is 5.74. The predicted octanol–water partition coefficient (Wildman–Crippen LogP) is -0.391. The van der Waals surface area contributed by atoms with Crippen molar-refractivity contribution in [3.8, 4) is 0 Å². The molecule has 0 aliphatic rings. The molecule has 5 heteroatoms. The summed E-state index contributed by atoms with van der Waals surface area (Å²) in [5.41, 5.74) is 0. The molecule has 1 heterocycles. The van der Waals surface area contributed by atoms with Gasteiger partial charge in [0.1, 0.15) is 6.33 Å². The standard InChI is InChI=1S/C7H10N2O3/c1-2-6(10)7(11)12-9-4-3-8-5-9/h3-6,10H,2H2,1H3. The first-order valence-electron chi connectivity index (χ1n) is 3.62. The topological polar surface area (TPSA) is 64.3 Å². The molecule has 0 aliphatic carbocycles. The average Bonchev–Trinajstić information content (AvgIpc) is 2.55. The number of imidazole rings is 1. The van der Waals surface area contributed by atoms with Gasteiger partial charge in [-0.2, -0.15) is 4.73 Å². The fourth-order valence-corrected chi connectivity index (χ4v) is 0.632. The summed E-state index contributed by atoms with van der Waals surface area (Å²) in [5.74, 6) is -0.671. The fraction of sp³-hybridized carbons (Fsp3) is 0.429. The number of aliphatic hydroxyl groups is 1. The Hall–Kier alpha value is -1.36. The third kappa shape index (κ3) is 2.06. The van der Waals surface area contributed by atoms with E-state index in [1.54, 1.807) is 6.92 Å². The van der Waals surface area contributed by atoms with Crippen LogP contribution in [0.5, 0.6) is 0 Å². The summed E-state index contributed by atoms with van der Waals surface area (Å²) in [5, 5.41) is 9.02. The first kappa shape index (κ1) is 8.73. The second kappa shape index (κ2) is 3.87. The maximum atomic E-state index is 10.9. The second-order valence-electron chi connectivity index (χ2n) is 2.26. The van der Waals surface area contributed by atoms with Crippen molar-refractivity contribution in [1.82, 2.24) is 9.71 Å². The van der Waals surface area contributed by atoms with Crippen LogP contribution >= 0.6 is 0 Å². The highest BCUT2D eigenvalue weighted by Crippen LogP contribution is 1.91. The van der Waals surface area contributed by atoms with Gasteiger partial charge in [-0.1, -0.05) is 6.92 Å². The van der Waals surface area contributed by atoms with Gasteiger partial charge in [-0.25, -0.2) is 9.78 Å². The summed E-state index contributed by atoms with van der Waals surface area (Å²) in [6.07, 6.45) is 3.56. The Morgan fingerprint density at radius 3 is 3.08 bits per heavy atom. The quantitative estimate of drug-likeness (QED) is 0.671. The summed E-state index contributed by atoms with van der Waals surface area (Å²) < 4.78 is 1.14. The van der Waals surface area contributed by atoms with Crippen LogP contribution in [0.15, 0.2) is 18.7 Å². The minimum atomic E-state index is -1.06. The van der Waals surface area contributed by atoms with Gasteiger partial charge in [0.05, 0.1) is 6.20 Å². The van der Waals surface area contributed by atoms with Crippen LogP contribution in [0, 0.1) is 0 Å². The number of hydrogen-bond donors (Lipinski definition) is 1. The van der Waals surface area contributed by atoms with E-state index in [0.717, 1.165) is 4.73 Å². The molecule has 1 aromatic rings. The van der Waals surface area contributed by atoms with E-state index in [2.05, 4.69) is 9.82 Å². The van der Waals surface area contributed by atoms with Crippen LogP contribution in [0.25, 0.3) is 0 Å². The first-order chi connectivity index (χ1) is 5.74. The molecule has 1 N–H and O–H groups in total. The predicted molar refractivity (Wildman–Crippen MR) is 40.1 cm³/mol. The third-order valence-corrected chi connectivity index (χ3v) is 1.33. The Kier molecular flexibility index (Phi) is 2.82. The summed E-state index contributed by atoms with van der Waals surface area (Å²) in [7, 11) is 0. The molecule has 0 aliphatic heterocycles. The van der Waals surface area contributed by atoms with E-state index in [1.807, 2.05) is 0 Å². The molecule has 12 heavy (non-hydrogen) atoms. The SMILES string of the molecule is CCC(O)C(=O)On1ccnc1. The molecule has 1 rings (SSSR count). The summed E-state index contributed by atoms with van der Waals surface area (Å²) >= 11 is 0. The number of carbonyl (C=O) groups is 1. The largest absolute Gasteiger partial charge is 0.381 e. The Bertz CT molecular complexity index is 245. The molecule has 0 saturated carbocycles. The van der Waals surface area contributed by atoms with E-state index in [1.165, 1.54) is 18.7 Å². The summed E-state index contributed by atoms with van der Waals surface area (Å²) in [6.45, 7) is 1.69. The van der Waals surface area contributed by atoms with Gasteiger partial charge in [-0.15, -0.1) is 0 Å². The van der Waals surface area contributed by atoms with Crippen molar-refractivity contribution in [3.05, 3.63) is 18.7 Å². The van der Waals surface area contributed by atoms with E-state index in [-0.39, 0.29) is 0 Å². The Morgan fingerprint density at radius 2 is 2.58 bits per heavy atom. The molecule has 0 spiro atoms. The van der Waals surface area contributed by atoms with Crippen LogP contribution in [-0.2, 0) is 4.79 Å². The molecule has 1 aromatic heterocycles. The van der Waals surface area contributed by atoms with Gasteiger partial charge in [-0.3, -0.25) is 0 Å². The van der Waals surface area contributed by atoms with E-state index < -0.39 is 12.1 Å². The molecule has 0 amide bonds. The summed E-state index contributed by atoms with van der Waals surface area (Å²) in [6, 6.07) is 0. The average molecular weight is 170 g/mol. The molecule has 0 radical (unpaired) electrons. The second-order valence-corrected chi connectivity index (χ2v) is 2.26. The zero-order valence-electron chi connectivity index (χ0n) is 6.67. The van der Waals surface area contributed by atoms with E-state index in [9.17, 15) is 4.79 Å². The van der Waals surface area contributed by atoms with Gasteiger partial charge in [0, 0.05) is 6.20 Å². The zero-order valence-corrected chi connectivity index (χ0v) is 6.67. The normalized spacial score (nSPS) is 12.5. The van der Waals surface area contributed by atoms with Crippen molar-refractivity contribution in [1.29, 1.82) is 0 Å². The van der Waals surface area contributed by atoms with Crippen LogP contribution in [0.1, 0.15) is 13.3 Å². The zero-order chi connectivity index (χ0) is 8.97. The monoisotopic (exact) mass is 170 g/mol. The lowest BCUT2D eigenvalue weighted by Crippen LogP contribution is -2.29. The van der Waals surface area contributed by atoms with Crippen molar-refractivity contribution in [2.24, 2.45) is 0 Å². The Labute approximate surface area is 69.6 Å². The van der Waals surface area contributed by atoms with Crippen molar-refractivity contribution >= 4 is 5.97 Å². The maximum Gasteiger partial charge on any atom is 0.361 e.